The van der Waals surface area contributed by atoms with Gasteiger partial charge in [0.25, 0.3) is 0 Å². The molecule has 3 nitrogen and oxygen atoms in total. The molecule has 16 heavy (non-hydrogen) atoms. The highest BCUT2D eigenvalue weighted by molar-refractivity contribution is 5.71. The highest BCUT2D eigenvalue weighted by atomic mass is 16.6. The molecule has 0 aromatic carbocycles. The lowest BCUT2D eigenvalue weighted by Crippen LogP contribution is -2.33. The Hall–Kier alpha value is -0.830. The maximum absolute atomic E-state index is 11.2. The van der Waals surface area contributed by atoms with Gasteiger partial charge in [0.15, 0.2) is 6.10 Å². The van der Waals surface area contributed by atoms with Crippen molar-refractivity contribution in [1.82, 2.24) is 0 Å². The van der Waals surface area contributed by atoms with Crippen molar-refractivity contribution in [2.45, 2.75) is 57.8 Å². The zero-order chi connectivity index (χ0) is 11.7. The molecular formula is C13H20O3. The summed E-state index contributed by atoms with van der Waals surface area (Å²) < 4.78 is 11.2. The van der Waals surface area contributed by atoms with E-state index in [4.69, 9.17) is 9.47 Å². The highest BCUT2D eigenvalue weighted by Gasteiger charge is 2.43. The van der Waals surface area contributed by atoms with Crippen LogP contribution in [-0.2, 0) is 14.3 Å². The molecule has 0 amide bonds. The van der Waals surface area contributed by atoms with Crippen LogP contribution in [0, 0.1) is 5.92 Å². The third-order valence-corrected chi connectivity index (χ3v) is 3.35. The van der Waals surface area contributed by atoms with Gasteiger partial charge in [-0.1, -0.05) is 20.4 Å². The van der Waals surface area contributed by atoms with Crippen LogP contribution in [0.15, 0.2) is 12.2 Å². The van der Waals surface area contributed by atoms with Gasteiger partial charge in [-0.2, -0.15) is 0 Å². The van der Waals surface area contributed by atoms with Gasteiger partial charge in [-0.15, -0.1) is 0 Å². The van der Waals surface area contributed by atoms with E-state index in [1.165, 1.54) is 0 Å². The summed E-state index contributed by atoms with van der Waals surface area (Å²) in [5.41, 5.74) is 0.957. The first-order chi connectivity index (χ1) is 7.58. The van der Waals surface area contributed by atoms with Crippen molar-refractivity contribution in [1.29, 1.82) is 0 Å². The Bertz CT molecular complexity index is 296. The summed E-state index contributed by atoms with van der Waals surface area (Å²) in [6, 6.07) is 0. The lowest BCUT2D eigenvalue weighted by molar-refractivity contribution is -0.158. The zero-order valence-corrected chi connectivity index (χ0v) is 10.1. The number of carbonyl (C=O) groups is 1. The van der Waals surface area contributed by atoms with Crippen LogP contribution in [0.25, 0.3) is 0 Å². The van der Waals surface area contributed by atoms with E-state index in [1.54, 1.807) is 0 Å². The number of hydrogen-bond donors (Lipinski definition) is 0. The van der Waals surface area contributed by atoms with Gasteiger partial charge in [0.2, 0.25) is 0 Å². The molecule has 2 saturated heterocycles. The predicted octanol–water partition coefficient (Wildman–Crippen LogP) is 2.45. The van der Waals surface area contributed by atoms with Crippen LogP contribution in [0.3, 0.4) is 0 Å². The van der Waals surface area contributed by atoms with E-state index in [2.05, 4.69) is 20.4 Å². The fourth-order valence-electron chi connectivity index (χ4n) is 2.36. The topological polar surface area (TPSA) is 35.5 Å². The Labute approximate surface area is 96.8 Å². The van der Waals surface area contributed by atoms with Crippen LogP contribution in [0.4, 0.5) is 0 Å². The van der Waals surface area contributed by atoms with E-state index in [1.807, 2.05) is 0 Å². The van der Waals surface area contributed by atoms with Crippen LogP contribution in [0.2, 0.25) is 0 Å². The minimum absolute atomic E-state index is 0.0577. The molecule has 3 heteroatoms. The Morgan fingerprint density at radius 1 is 1.50 bits per heavy atom. The Morgan fingerprint density at radius 2 is 2.25 bits per heavy atom. The fraction of sp³-hybridized carbons (Fsp3) is 0.769. The minimum atomic E-state index is -0.182. The SMILES string of the molecule is C=C1[C@H](CCC(C)C)O[C@H]2CCC(=O)O[C@@H]12. The third-order valence-electron chi connectivity index (χ3n) is 3.35. The molecule has 90 valence electrons. The molecule has 2 rings (SSSR count). The number of carbonyl (C=O) groups excluding carboxylic acids is 1. The van der Waals surface area contributed by atoms with E-state index in [0.29, 0.717) is 12.3 Å². The van der Waals surface area contributed by atoms with Crippen molar-refractivity contribution in [3.05, 3.63) is 12.2 Å². The summed E-state index contributed by atoms with van der Waals surface area (Å²) in [6.45, 7) is 8.43. The van der Waals surface area contributed by atoms with Crippen LogP contribution >= 0.6 is 0 Å². The molecule has 0 aliphatic carbocycles. The standard InChI is InChI=1S/C13H20O3/c1-8(2)4-5-10-9(3)13-11(15-10)6-7-12(14)16-13/h8,10-11,13H,3-7H2,1-2H3/t10-,11-,13-/m0/s1. The molecule has 2 fully saturated rings. The van der Waals surface area contributed by atoms with E-state index < -0.39 is 0 Å². The molecule has 3 atom stereocenters. The molecule has 0 radical (unpaired) electrons. The largest absolute Gasteiger partial charge is 0.455 e. The van der Waals surface area contributed by atoms with E-state index >= 15 is 0 Å². The summed E-state index contributed by atoms with van der Waals surface area (Å²) in [5, 5.41) is 0. The highest BCUT2D eigenvalue weighted by Crippen LogP contribution is 2.35. The quantitative estimate of drug-likeness (QED) is 0.545. The first-order valence-electron chi connectivity index (χ1n) is 6.11. The summed E-state index contributed by atoms with van der Waals surface area (Å²) in [5.74, 6) is 0.553. The number of hydrogen-bond acceptors (Lipinski definition) is 3. The monoisotopic (exact) mass is 224 g/mol. The Morgan fingerprint density at radius 3 is 2.94 bits per heavy atom. The first-order valence-corrected chi connectivity index (χ1v) is 6.11. The molecule has 2 aliphatic heterocycles. The van der Waals surface area contributed by atoms with E-state index in [9.17, 15) is 4.79 Å². The molecule has 2 aliphatic rings. The molecule has 0 unspecified atom stereocenters. The predicted molar refractivity (Wildman–Crippen MR) is 61.0 cm³/mol. The summed E-state index contributed by atoms with van der Waals surface area (Å²) in [4.78, 5) is 11.2. The minimum Gasteiger partial charge on any atom is -0.455 e. The molecule has 0 saturated carbocycles. The second-order valence-electron chi connectivity index (χ2n) is 5.16. The van der Waals surface area contributed by atoms with Gasteiger partial charge >= 0.3 is 5.97 Å². The van der Waals surface area contributed by atoms with Gasteiger partial charge in [-0.3, -0.25) is 4.79 Å². The number of esters is 1. The van der Waals surface area contributed by atoms with Gasteiger partial charge in [0, 0.05) is 6.42 Å². The summed E-state index contributed by atoms with van der Waals surface area (Å²) in [7, 11) is 0. The summed E-state index contributed by atoms with van der Waals surface area (Å²) >= 11 is 0. The van der Waals surface area contributed by atoms with Crippen molar-refractivity contribution in [2.75, 3.05) is 0 Å². The summed E-state index contributed by atoms with van der Waals surface area (Å²) in [6.07, 6.45) is 3.33. The van der Waals surface area contributed by atoms with Crippen LogP contribution in [0.5, 0.6) is 0 Å². The molecule has 0 N–H and O–H groups in total. The molecule has 0 spiro atoms. The van der Waals surface area contributed by atoms with E-state index in [0.717, 1.165) is 24.8 Å². The van der Waals surface area contributed by atoms with E-state index in [-0.39, 0.29) is 24.3 Å². The second-order valence-corrected chi connectivity index (χ2v) is 5.16. The molecule has 0 bridgehead atoms. The van der Waals surface area contributed by atoms with Gasteiger partial charge in [0.1, 0.15) is 0 Å². The van der Waals surface area contributed by atoms with Crippen molar-refractivity contribution in [2.24, 2.45) is 5.92 Å². The third kappa shape index (κ3) is 2.29. The fourth-order valence-corrected chi connectivity index (χ4v) is 2.36. The Kier molecular flexibility index (Phi) is 3.33. The first kappa shape index (κ1) is 11.6. The van der Waals surface area contributed by atoms with Crippen molar-refractivity contribution in [3.8, 4) is 0 Å². The molecule has 0 aromatic rings. The lowest BCUT2D eigenvalue weighted by atomic mass is 9.96. The van der Waals surface area contributed by atoms with Crippen LogP contribution in [-0.4, -0.2) is 24.3 Å². The number of rotatable bonds is 3. The van der Waals surface area contributed by atoms with Crippen molar-refractivity contribution in [3.63, 3.8) is 0 Å². The van der Waals surface area contributed by atoms with Gasteiger partial charge in [0.05, 0.1) is 12.2 Å². The maximum Gasteiger partial charge on any atom is 0.306 e. The second kappa shape index (κ2) is 4.58. The Balaban J connectivity index is 1.94. The van der Waals surface area contributed by atoms with Crippen molar-refractivity contribution < 1.29 is 14.3 Å². The lowest BCUT2D eigenvalue weighted by Gasteiger charge is -2.23. The smallest absolute Gasteiger partial charge is 0.306 e. The number of ether oxygens (including phenoxy) is 2. The molecular weight excluding hydrogens is 204 g/mol. The van der Waals surface area contributed by atoms with Gasteiger partial charge in [-0.25, -0.2) is 0 Å². The number of fused-ring (bicyclic) bond motifs is 1. The zero-order valence-electron chi connectivity index (χ0n) is 10.1. The average Bonchev–Trinajstić information content (AvgIpc) is 2.53. The average molecular weight is 224 g/mol. The van der Waals surface area contributed by atoms with Crippen LogP contribution < -0.4 is 0 Å². The molecule has 2 heterocycles. The maximum atomic E-state index is 11.2. The van der Waals surface area contributed by atoms with Gasteiger partial charge in [-0.05, 0) is 30.8 Å². The van der Waals surface area contributed by atoms with Crippen molar-refractivity contribution >= 4 is 5.97 Å². The van der Waals surface area contributed by atoms with Crippen LogP contribution in [0.1, 0.15) is 39.5 Å². The normalized spacial score (nSPS) is 34.1. The molecule has 0 aromatic heterocycles. The van der Waals surface area contributed by atoms with Gasteiger partial charge < -0.3 is 9.47 Å².